The lowest BCUT2D eigenvalue weighted by Crippen LogP contribution is -2.07. The number of aryl methyl sites for hydroxylation is 2. The first-order valence-corrected chi connectivity index (χ1v) is 8.47. The van der Waals surface area contributed by atoms with E-state index in [2.05, 4.69) is 20.6 Å². The first-order valence-electron chi connectivity index (χ1n) is 8.47. The Labute approximate surface area is 155 Å². The van der Waals surface area contributed by atoms with Crippen molar-refractivity contribution in [1.82, 2.24) is 24.4 Å². The Kier molecular flexibility index (Phi) is 4.23. The summed E-state index contributed by atoms with van der Waals surface area (Å²) in [6, 6.07) is 10.7. The van der Waals surface area contributed by atoms with Crippen LogP contribution in [0.25, 0.3) is 16.9 Å². The molecule has 0 aliphatic heterocycles. The van der Waals surface area contributed by atoms with Crippen molar-refractivity contribution in [3.05, 3.63) is 59.8 Å². The number of rotatable bonds is 5. The van der Waals surface area contributed by atoms with E-state index in [-0.39, 0.29) is 12.4 Å². The third kappa shape index (κ3) is 2.99. The number of hydrogen-bond acceptors (Lipinski definition) is 5. The molecule has 0 fully saturated rings. The summed E-state index contributed by atoms with van der Waals surface area (Å²) in [7, 11) is 3.42. The SMILES string of the molecule is COc1cccc(F)c1CNc1ccc(-c2cc(C)nn2C)c2nncn12. The Bertz CT molecular complexity index is 1120. The molecule has 7 nitrogen and oxygen atoms in total. The predicted octanol–water partition coefficient (Wildman–Crippen LogP) is 3.20. The molecule has 0 atom stereocenters. The van der Waals surface area contributed by atoms with Crippen LogP contribution in [-0.2, 0) is 13.6 Å². The van der Waals surface area contributed by atoms with E-state index >= 15 is 0 Å². The topological polar surface area (TPSA) is 69.3 Å². The largest absolute Gasteiger partial charge is 0.496 e. The van der Waals surface area contributed by atoms with Crippen molar-refractivity contribution >= 4 is 11.5 Å². The molecule has 0 saturated carbocycles. The molecule has 3 heterocycles. The predicted molar refractivity (Wildman–Crippen MR) is 100 cm³/mol. The van der Waals surface area contributed by atoms with Gasteiger partial charge in [0.25, 0.3) is 0 Å². The van der Waals surface area contributed by atoms with Crippen molar-refractivity contribution in [3.63, 3.8) is 0 Å². The van der Waals surface area contributed by atoms with Gasteiger partial charge in [0.2, 0.25) is 0 Å². The van der Waals surface area contributed by atoms with Gasteiger partial charge in [-0.2, -0.15) is 5.10 Å². The highest BCUT2D eigenvalue weighted by molar-refractivity contribution is 5.77. The third-order valence-electron chi connectivity index (χ3n) is 4.48. The number of pyridine rings is 1. The second kappa shape index (κ2) is 6.71. The van der Waals surface area contributed by atoms with E-state index < -0.39 is 0 Å². The number of ether oxygens (including phenoxy) is 1. The van der Waals surface area contributed by atoms with Gasteiger partial charge in [0.15, 0.2) is 5.65 Å². The Morgan fingerprint density at radius 1 is 1.22 bits per heavy atom. The van der Waals surface area contributed by atoms with E-state index in [9.17, 15) is 4.39 Å². The highest BCUT2D eigenvalue weighted by atomic mass is 19.1. The number of hydrogen-bond donors (Lipinski definition) is 1. The van der Waals surface area contributed by atoms with Crippen molar-refractivity contribution < 1.29 is 9.13 Å². The number of aromatic nitrogens is 5. The highest BCUT2D eigenvalue weighted by Crippen LogP contribution is 2.27. The maximum Gasteiger partial charge on any atom is 0.171 e. The fourth-order valence-electron chi connectivity index (χ4n) is 3.20. The molecule has 27 heavy (non-hydrogen) atoms. The zero-order chi connectivity index (χ0) is 19.0. The number of benzene rings is 1. The molecule has 4 rings (SSSR count). The molecule has 0 bridgehead atoms. The smallest absolute Gasteiger partial charge is 0.171 e. The molecule has 8 heteroatoms. The molecular formula is C19H19FN6O. The van der Waals surface area contributed by atoms with Gasteiger partial charge in [-0.3, -0.25) is 9.08 Å². The van der Waals surface area contributed by atoms with Crippen LogP contribution in [0.1, 0.15) is 11.3 Å². The summed E-state index contributed by atoms with van der Waals surface area (Å²) in [6.07, 6.45) is 1.63. The summed E-state index contributed by atoms with van der Waals surface area (Å²) >= 11 is 0. The lowest BCUT2D eigenvalue weighted by Gasteiger charge is -2.13. The van der Waals surface area contributed by atoms with Crippen LogP contribution in [0.4, 0.5) is 10.2 Å². The Hall–Kier alpha value is -3.42. The van der Waals surface area contributed by atoms with Gasteiger partial charge in [-0.15, -0.1) is 10.2 Å². The molecule has 0 saturated heterocycles. The second-order valence-corrected chi connectivity index (χ2v) is 6.23. The summed E-state index contributed by atoms with van der Waals surface area (Å²) in [5.74, 6) is 0.941. The number of fused-ring (bicyclic) bond motifs is 1. The molecule has 0 amide bonds. The van der Waals surface area contributed by atoms with E-state index in [4.69, 9.17) is 4.74 Å². The highest BCUT2D eigenvalue weighted by Gasteiger charge is 2.14. The lowest BCUT2D eigenvalue weighted by atomic mass is 10.1. The third-order valence-corrected chi connectivity index (χ3v) is 4.48. The van der Waals surface area contributed by atoms with Crippen LogP contribution >= 0.6 is 0 Å². The molecule has 0 spiro atoms. The first kappa shape index (κ1) is 17.0. The van der Waals surface area contributed by atoms with E-state index in [1.54, 1.807) is 18.5 Å². The van der Waals surface area contributed by atoms with E-state index in [1.807, 2.05) is 41.3 Å². The van der Waals surface area contributed by atoms with Gasteiger partial charge in [0, 0.05) is 24.7 Å². The summed E-state index contributed by atoms with van der Waals surface area (Å²) in [6.45, 7) is 2.22. The molecule has 0 unspecified atom stereocenters. The number of methoxy groups -OCH3 is 1. The number of nitrogens with one attached hydrogen (secondary N) is 1. The maximum atomic E-state index is 14.2. The van der Waals surface area contributed by atoms with Crippen LogP contribution in [0, 0.1) is 12.7 Å². The van der Waals surface area contributed by atoms with Gasteiger partial charge >= 0.3 is 0 Å². The summed E-state index contributed by atoms with van der Waals surface area (Å²) < 4.78 is 23.1. The second-order valence-electron chi connectivity index (χ2n) is 6.23. The normalized spacial score (nSPS) is 11.1. The van der Waals surface area contributed by atoms with Crippen molar-refractivity contribution in [2.24, 2.45) is 7.05 Å². The van der Waals surface area contributed by atoms with Crippen molar-refractivity contribution in [3.8, 4) is 17.0 Å². The quantitative estimate of drug-likeness (QED) is 0.587. The van der Waals surface area contributed by atoms with E-state index in [1.165, 1.54) is 13.2 Å². The number of halogens is 1. The van der Waals surface area contributed by atoms with Crippen molar-refractivity contribution in [2.45, 2.75) is 13.5 Å². The molecule has 1 aromatic carbocycles. The molecule has 138 valence electrons. The number of nitrogens with zero attached hydrogens (tertiary/aromatic N) is 5. The van der Waals surface area contributed by atoms with Crippen LogP contribution in [-0.4, -0.2) is 31.5 Å². The summed E-state index contributed by atoms with van der Waals surface area (Å²) in [5.41, 5.74) is 3.97. The van der Waals surface area contributed by atoms with Gasteiger partial charge in [0.1, 0.15) is 23.7 Å². The minimum Gasteiger partial charge on any atom is -0.496 e. The molecule has 0 radical (unpaired) electrons. The lowest BCUT2D eigenvalue weighted by molar-refractivity contribution is 0.405. The number of anilines is 1. The van der Waals surface area contributed by atoms with Crippen LogP contribution in [0.15, 0.2) is 42.7 Å². The molecule has 0 aliphatic rings. The van der Waals surface area contributed by atoms with Crippen LogP contribution in [0.3, 0.4) is 0 Å². The standard InChI is InChI=1S/C19H19FN6O/c1-12-9-16(25(2)24-12)13-7-8-18(26-11-22-23-19(13)26)21-10-14-15(20)5-4-6-17(14)27-3/h4-9,11,21H,10H2,1-3H3. The Balaban J connectivity index is 1.70. The van der Waals surface area contributed by atoms with Crippen LogP contribution in [0.2, 0.25) is 0 Å². The Morgan fingerprint density at radius 3 is 2.81 bits per heavy atom. The van der Waals surface area contributed by atoms with Crippen molar-refractivity contribution in [2.75, 3.05) is 12.4 Å². The van der Waals surface area contributed by atoms with Gasteiger partial charge in [-0.05, 0) is 37.3 Å². The Morgan fingerprint density at radius 2 is 2.07 bits per heavy atom. The molecule has 4 aromatic rings. The fraction of sp³-hybridized carbons (Fsp3) is 0.211. The summed E-state index contributed by atoms with van der Waals surface area (Å²) in [5, 5.41) is 15.9. The fourth-order valence-corrected chi connectivity index (χ4v) is 3.20. The van der Waals surface area contributed by atoms with Gasteiger partial charge in [-0.25, -0.2) is 4.39 Å². The average Bonchev–Trinajstić information content (AvgIpc) is 3.27. The summed E-state index contributed by atoms with van der Waals surface area (Å²) in [4.78, 5) is 0. The zero-order valence-electron chi connectivity index (χ0n) is 15.3. The van der Waals surface area contributed by atoms with Gasteiger partial charge in [0.05, 0.1) is 18.5 Å². The zero-order valence-corrected chi connectivity index (χ0v) is 15.3. The maximum absolute atomic E-state index is 14.2. The average molecular weight is 366 g/mol. The van der Waals surface area contributed by atoms with Gasteiger partial charge in [-0.1, -0.05) is 6.07 Å². The van der Waals surface area contributed by atoms with Crippen LogP contribution in [0.5, 0.6) is 5.75 Å². The van der Waals surface area contributed by atoms with Crippen LogP contribution < -0.4 is 10.1 Å². The molecular weight excluding hydrogens is 347 g/mol. The monoisotopic (exact) mass is 366 g/mol. The minimum atomic E-state index is -0.316. The van der Waals surface area contributed by atoms with E-state index in [0.29, 0.717) is 17.0 Å². The molecule has 1 N–H and O–H groups in total. The minimum absolute atomic E-state index is 0.271. The van der Waals surface area contributed by atoms with Crippen molar-refractivity contribution in [1.29, 1.82) is 0 Å². The first-order chi connectivity index (χ1) is 13.1. The molecule has 0 aliphatic carbocycles. The molecule has 3 aromatic heterocycles. The van der Waals surface area contributed by atoms with E-state index in [0.717, 1.165) is 22.8 Å². The van der Waals surface area contributed by atoms with Gasteiger partial charge < -0.3 is 10.1 Å².